The summed E-state index contributed by atoms with van der Waals surface area (Å²) in [7, 11) is 0. The number of aryl methyl sites for hydroxylation is 1. The molecule has 0 aromatic heterocycles. The van der Waals surface area contributed by atoms with Crippen molar-refractivity contribution in [3.63, 3.8) is 0 Å². The molecule has 286 valence electrons. The monoisotopic (exact) mass is 882 g/mol. The van der Waals surface area contributed by atoms with Gasteiger partial charge in [0.2, 0.25) is 0 Å². The molecule has 0 saturated heterocycles. The molecule has 0 heterocycles. The molecule has 0 aliphatic heterocycles. The topological polar surface area (TPSA) is 0 Å². The van der Waals surface area contributed by atoms with E-state index in [4.69, 9.17) is 23.2 Å². The predicted molar refractivity (Wildman–Crippen MR) is 228 cm³/mol. The molecule has 0 unspecified atom stereocenters. The Hall–Kier alpha value is -2.38. The molecule has 0 radical (unpaired) electrons. The molecule has 0 N–H and O–H groups in total. The second-order valence-electron chi connectivity index (χ2n) is 17.1. The Kier molecular flexibility index (Phi) is 14.5. The van der Waals surface area contributed by atoms with E-state index in [1.54, 1.807) is 0 Å². The SMILES string of the molecule is CC1=[C-]C(C)(C)c2cc3c(cc21)-c1cc2c(cc1C3)C(C)(C)C=C2C.CCCc1cc(C(C)(C)C)c[cH-]1.Clc1cccc([C](=[Zr+2])c2cccc(Cl)c2)c1.[Cl-].[Cl-]. The Bertz CT molecular complexity index is 2140. The maximum atomic E-state index is 5.98. The molecule has 8 rings (SSSR count). The second kappa shape index (κ2) is 17.6. The molecule has 3 aliphatic rings. The number of hydrogen-bond donors (Lipinski definition) is 0. The molecular formula is C50H52Cl4Zr-2. The molecule has 0 nitrogen and oxygen atoms in total. The summed E-state index contributed by atoms with van der Waals surface area (Å²) in [5.41, 5.74) is 20.1. The number of fused-ring (bicyclic) bond motifs is 5. The van der Waals surface area contributed by atoms with Crippen LogP contribution in [0.5, 0.6) is 0 Å². The molecule has 5 aromatic rings. The average Bonchev–Trinajstić information content (AvgIpc) is 3.81. The first kappa shape index (κ1) is 45.3. The first-order valence-corrected chi connectivity index (χ1v) is 20.9. The molecule has 0 fully saturated rings. The van der Waals surface area contributed by atoms with E-state index in [0.29, 0.717) is 5.41 Å². The van der Waals surface area contributed by atoms with Gasteiger partial charge < -0.3 is 24.8 Å². The van der Waals surface area contributed by atoms with Gasteiger partial charge in [-0.2, -0.15) is 28.8 Å². The average molecular weight is 886 g/mol. The quantitative estimate of drug-likeness (QED) is 0.157. The zero-order valence-corrected chi connectivity index (χ0v) is 39.4. The van der Waals surface area contributed by atoms with Gasteiger partial charge >= 0.3 is 120 Å². The number of allylic oxidation sites excluding steroid dienone is 4. The van der Waals surface area contributed by atoms with E-state index in [2.05, 4.69) is 136 Å². The van der Waals surface area contributed by atoms with Crippen molar-refractivity contribution in [1.82, 2.24) is 0 Å². The summed E-state index contributed by atoms with van der Waals surface area (Å²) in [6.45, 7) is 22.7. The Morgan fingerprint density at radius 3 is 1.82 bits per heavy atom. The number of benzene rings is 4. The van der Waals surface area contributed by atoms with Gasteiger partial charge in [-0.15, -0.1) is 11.6 Å². The second-order valence-corrected chi connectivity index (χ2v) is 19.2. The van der Waals surface area contributed by atoms with E-state index in [-0.39, 0.29) is 35.6 Å². The van der Waals surface area contributed by atoms with Crippen molar-refractivity contribution in [2.75, 3.05) is 0 Å². The maximum Gasteiger partial charge on any atom is -1.00 e. The van der Waals surface area contributed by atoms with Gasteiger partial charge in [-0.3, -0.25) is 6.08 Å². The molecule has 0 bridgehead atoms. The zero-order valence-electron chi connectivity index (χ0n) is 33.9. The zero-order chi connectivity index (χ0) is 38.5. The minimum atomic E-state index is 0. The summed E-state index contributed by atoms with van der Waals surface area (Å²) in [5.74, 6) is 0. The summed E-state index contributed by atoms with van der Waals surface area (Å²) in [6.07, 6.45) is 9.60. The van der Waals surface area contributed by atoms with Gasteiger partial charge in [0.15, 0.2) is 0 Å². The van der Waals surface area contributed by atoms with E-state index in [1.165, 1.54) is 107 Å². The van der Waals surface area contributed by atoms with Crippen molar-refractivity contribution < 1.29 is 49.0 Å². The summed E-state index contributed by atoms with van der Waals surface area (Å²) in [4.78, 5) is 0. The molecule has 0 atom stereocenters. The largest absolute Gasteiger partial charge is 1.00 e. The van der Waals surface area contributed by atoms with Gasteiger partial charge in [0.1, 0.15) is 0 Å². The van der Waals surface area contributed by atoms with Crippen molar-refractivity contribution in [3.05, 3.63) is 169 Å². The minimum absolute atomic E-state index is 0. The Morgan fingerprint density at radius 2 is 1.31 bits per heavy atom. The minimum Gasteiger partial charge on any atom is -1.00 e. The van der Waals surface area contributed by atoms with Crippen molar-refractivity contribution in [2.24, 2.45) is 0 Å². The van der Waals surface area contributed by atoms with Gasteiger partial charge in [0, 0.05) is 5.41 Å². The summed E-state index contributed by atoms with van der Waals surface area (Å²) >= 11 is 13.3. The summed E-state index contributed by atoms with van der Waals surface area (Å²) in [6, 6.07) is 32.4. The molecule has 0 saturated carbocycles. The third kappa shape index (κ3) is 9.85. The van der Waals surface area contributed by atoms with Gasteiger partial charge in [-0.05, 0) is 58.4 Å². The molecule has 5 heteroatoms. The number of hydrogen-bond acceptors (Lipinski definition) is 0. The van der Waals surface area contributed by atoms with Crippen LogP contribution in [0, 0.1) is 6.08 Å². The molecule has 55 heavy (non-hydrogen) atoms. The van der Waals surface area contributed by atoms with Crippen molar-refractivity contribution in [3.8, 4) is 11.1 Å². The normalized spacial score (nSPS) is 14.9. The third-order valence-corrected chi connectivity index (χ3v) is 12.8. The van der Waals surface area contributed by atoms with Crippen LogP contribution in [-0.4, -0.2) is 3.21 Å². The van der Waals surface area contributed by atoms with Crippen LogP contribution < -0.4 is 24.8 Å². The van der Waals surface area contributed by atoms with Crippen molar-refractivity contribution in [1.29, 1.82) is 0 Å². The van der Waals surface area contributed by atoms with Crippen molar-refractivity contribution >= 4 is 37.6 Å². The summed E-state index contributed by atoms with van der Waals surface area (Å²) < 4.78 is 1.26. The van der Waals surface area contributed by atoms with E-state index in [9.17, 15) is 0 Å². The number of halogens is 4. The molecule has 5 aromatic carbocycles. The number of rotatable bonds is 4. The fraction of sp³-hybridized carbons (Fsp3) is 0.320. The Balaban J connectivity index is 0.000000195. The standard InChI is InChI=1S/C25H25.C13H8Cl2.C12H19.2ClH.Zr/c1-14-12-24(3,4)22-8-16-7-17-9-23-19(15(2)13-25(23,5)6)11-21(17)20(16)10-18(14)22;14-12-5-1-3-10(8-12)7-11-4-2-6-13(15)9-11;1-5-6-10-7-8-11(9-10)12(2,3)4;;;/h8-12H,7H2,1-6H3;1-6,8-9H;7-9H,5-6H2,1-4H3;2*1H;/q-1;;-1;;;+2/p-2. The van der Waals surface area contributed by atoms with Crippen LogP contribution in [-0.2, 0) is 53.3 Å². The maximum absolute atomic E-state index is 5.98. The molecule has 3 aliphatic carbocycles. The first-order chi connectivity index (χ1) is 24.9. The molecular weight excluding hydrogens is 834 g/mol. The van der Waals surface area contributed by atoms with Crippen LogP contribution >= 0.6 is 23.2 Å². The predicted octanol–water partition coefficient (Wildman–Crippen LogP) is 8.22. The van der Waals surface area contributed by atoms with Crippen LogP contribution in [0.2, 0.25) is 10.0 Å². The van der Waals surface area contributed by atoms with E-state index in [1.807, 2.05) is 36.4 Å². The molecule has 0 spiro atoms. The fourth-order valence-corrected chi connectivity index (χ4v) is 9.28. The third-order valence-electron chi connectivity index (χ3n) is 10.9. The van der Waals surface area contributed by atoms with E-state index in [0.717, 1.165) is 27.6 Å². The molecule has 0 amide bonds. The summed E-state index contributed by atoms with van der Waals surface area (Å²) in [5, 5.41) is 1.53. The van der Waals surface area contributed by atoms with Crippen LogP contribution in [0.25, 0.3) is 22.3 Å². The van der Waals surface area contributed by atoms with Crippen LogP contribution in [0.15, 0.2) is 97.1 Å². The van der Waals surface area contributed by atoms with Gasteiger partial charge in [-0.1, -0.05) is 104 Å². The van der Waals surface area contributed by atoms with Gasteiger partial charge in [0.25, 0.3) is 0 Å². The van der Waals surface area contributed by atoms with E-state index >= 15 is 0 Å². The Morgan fingerprint density at radius 1 is 0.764 bits per heavy atom. The fourth-order valence-electron chi connectivity index (χ4n) is 8.13. The first-order valence-electron chi connectivity index (χ1n) is 18.9. The van der Waals surface area contributed by atoms with E-state index < -0.39 is 0 Å². The van der Waals surface area contributed by atoms with Crippen LogP contribution in [0.4, 0.5) is 0 Å². The smallest absolute Gasteiger partial charge is 1.00 e. The van der Waals surface area contributed by atoms with Gasteiger partial charge in [0.05, 0.1) is 0 Å². The van der Waals surface area contributed by atoms with Gasteiger partial charge in [-0.25, -0.2) is 11.6 Å². The van der Waals surface area contributed by atoms with Crippen LogP contribution in [0.3, 0.4) is 0 Å². The van der Waals surface area contributed by atoms with Crippen molar-refractivity contribution in [2.45, 2.75) is 105 Å². The Labute approximate surface area is 368 Å². The van der Waals surface area contributed by atoms with Crippen LogP contribution in [0.1, 0.15) is 131 Å².